The molecule has 0 radical (unpaired) electrons. The molecule has 0 aromatic carbocycles. The number of carbonyl (C=O) groups excluding carboxylic acids is 1. The van der Waals surface area contributed by atoms with Gasteiger partial charge in [-0.3, -0.25) is 4.79 Å². The van der Waals surface area contributed by atoms with Gasteiger partial charge in [-0.2, -0.15) is 0 Å². The Labute approximate surface area is 125 Å². The third-order valence-electron chi connectivity index (χ3n) is 3.17. The maximum Gasteiger partial charge on any atom is 0.144 e. The molecule has 0 aromatic heterocycles. The van der Waals surface area contributed by atoms with Crippen LogP contribution in [0.15, 0.2) is 58.8 Å². The first-order valence-electron chi connectivity index (χ1n) is 6.83. The Morgan fingerprint density at radius 1 is 1.29 bits per heavy atom. The lowest BCUT2D eigenvalue weighted by Crippen LogP contribution is -2.16. The smallest absolute Gasteiger partial charge is 0.144 e. The van der Waals surface area contributed by atoms with E-state index < -0.39 is 0 Å². The largest absolute Gasteiger partial charge is 0.513 e. The van der Waals surface area contributed by atoms with Crippen molar-refractivity contribution in [2.75, 3.05) is 0 Å². The van der Waals surface area contributed by atoms with E-state index in [1.165, 1.54) is 26.0 Å². The van der Waals surface area contributed by atoms with Gasteiger partial charge < -0.3 is 15.3 Å². The van der Waals surface area contributed by atoms with Crippen molar-refractivity contribution in [1.29, 1.82) is 0 Å². The molecule has 0 saturated heterocycles. The quantitative estimate of drug-likeness (QED) is 0.523. The zero-order valence-corrected chi connectivity index (χ0v) is 12.6. The summed E-state index contributed by atoms with van der Waals surface area (Å²) in [6, 6.07) is 0. The van der Waals surface area contributed by atoms with Gasteiger partial charge in [0.05, 0.1) is 11.5 Å². The van der Waals surface area contributed by atoms with Crippen molar-refractivity contribution in [3.05, 3.63) is 58.8 Å². The van der Waals surface area contributed by atoms with Gasteiger partial charge in [-0.25, -0.2) is 0 Å². The second-order valence-corrected chi connectivity index (χ2v) is 5.31. The molecule has 0 aromatic rings. The Hall–Kier alpha value is -2.23. The summed E-state index contributed by atoms with van der Waals surface area (Å²) in [5.41, 5.74) is 1.42. The van der Waals surface area contributed by atoms with Crippen molar-refractivity contribution >= 4 is 5.78 Å². The molecule has 114 valence electrons. The highest BCUT2D eigenvalue weighted by atomic mass is 16.3. The van der Waals surface area contributed by atoms with E-state index in [0.29, 0.717) is 12.0 Å². The molecule has 0 spiro atoms. The van der Waals surface area contributed by atoms with Crippen molar-refractivity contribution in [3.63, 3.8) is 0 Å². The van der Waals surface area contributed by atoms with Crippen molar-refractivity contribution in [3.8, 4) is 0 Å². The SMILES string of the molecule is CC1=C(O)C=CC(C(=O)CC(=C/C=C(\C)O)/C=C(\C)O)C1. The van der Waals surface area contributed by atoms with Crippen LogP contribution in [0.2, 0.25) is 0 Å². The van der Waals surface area contributed by atoms with Crippen LogP contribution in [-0.4, -0.2) is 21.1 Å². The standard InChI is InChI=1S/C17H22O4/c1-11-8-15(6-7-16(11)20)17(21)10-14(9-13(3)19)5-4-12(2)18/h4-7,9,15,18-20H,8,10H2,1-3H3/b12-4+,13-9+,14-5+. The molecule has 0 bridgehead atoms. The average Bonchev–Trinajstić information content (AvgIpc) is 2.38. The molecule has 3 N–H and O–H groups in total. The molecule has 1 aliphatic rings. The van der Waals surface area contributed by atoms with Crippen molar-refractivity contribution < 1.29 is 20.1 Å². The normalized spacial score (nSPS) is 20.9. The van der Waals surface area contributed by atoms with E-state index in [0.717, 1.165) is 5.57 Å². The first kappa shape index (κ1) is 16.8. The van der Waals surface area contributed by atoms with Crippen LogP contribution in [0.3, 0.4) is 0 Å². The van der Waals surface area contributed by atoms with Gasteiger partial charge in [0.2, 0.25) is 0 Å². The molecule has 0 fully saturated rings. The molecule has 4 nitrogen and oxygen atoms in total. The average molecular weight is 290 g/mol. The lowest BCUT2D eigenvalue weighted by atomic mass is 9.88. The lowest BCUT2D eigenvalue weighted by Gasteiger charge is -2.17. The predicted molar refractivity (Wildman–Crippen MR) is 83.1 cm³/mol. The molecule has 1 aliphatic carbocycles. The molecule has 0 amide bonds. The molecule has 4 heteroatoms. The van der Waals surface area contributed by atoms with E-state index in [9.17, 15) is 20.1 Å². The van der Waals surface area contributed by atoms with E-state index >= 15 is 0 Å². The first-order valence-corrected chi connectivity index (χ1v) is 6.83. The van der Waals surface area contributed by atoms with E-state index in [-0.39, 0.29) is 35.4 Å². The van der Waals surface area contributed by atoms with Gasteiger partial charge in [-0.05, 0) is 56.6 Å². The minimum Gasteiger partial charge on any atom is -0.513 e. The number of carbonyl (C=O) groups is 1. The lowest BCUT2D eigenvalue weighted by molar-refractivity contribution is -0.120. The number of allylic oxidation sites excluding steroid dienone is 9. The fourth-order valence-corrected chi connectivity index (χ4v) is 2.06. The summed E-state index contributed by atoms with van der Waals surface area (Å²) >= 11 is 0. The molecule has 0 aliphatic heterocycles. The Balaban J connectivity index is 2.83. The second kappa shape index (κ2) is 7.53. The third kappa shape index (κ3) is 5.73. The van der Waals surface area contributed by atoms with E-state index in [4.69, 9.17) is 0 Å². The van der Waals surface area contributed by atoms with Gasteiger partial charge in [-0.1, -0.05) is 12.2 Å². The van der Waals surface area contributed by atoms with Crippen LogP contribution in [0, 0.1) is 5.92 Å². The minimum absolute atomic E-state index is 0.00541. The monoisotopic (exact) mass is 290 g/mol. The maximum absolute atomic E-state index is 12.3. The molecule has 1 unspecified atom stereocenters. The van der Waals surface area contributed by atoms with Gasteiger partial charge in [0.1, 0.15) is 11.5 Å². The number of Topliss-reactive ketones (excluding diaryl/α,β-unsaturated/α-hetero) is 1. The number of aliphatic hydroxyl groups excluding tert-OH is 3. The van der Waals surface area contributed by atoms with Crippen molar-refractivity contribution in [2.45, 2.75) is 33.6 Å². The minimum atomic E-state index is -0.268. The van der Waals surface area contributed by atoms with Gasteiger partial charge in [0, 0.05) is 12.3 Å². The van der Waals surface area contributed by atoms with Gasteiger partial charge in [-0.15, -0.1) is 0 Å². The van der Waals surface area contributed by atoms with Crippen LogP contribution in [0.4, 0.5) is 0 Å². The summed E-state index contributed by atoms with van der Waals surface area (Å²) in [5, 5.41) is 28.1. The number of ketones is 1. The molecular formula is C17H22O4. The summed E-state index contributed by atoms with van der Waals surface area (Å²) in [6.45, 7) is 4.86. The Morgan fingerprint density at radius 2 is 1.95 bits per heavy atom. The highest BCUT2D eigenvalue weighted by Crippen LogP contribution is 2.25. The highest BCUT2D eigenvalue weighted by molar-refractivity contribution is 5.86. The van der Waals surface area contributed by atoms with Gasteiger partial charge in [0.25, 0.3) is 0 Å². The Bertz CT molecular complexity index is 551. The topological polar surface area (TPSA) is 77.8 Å². The molecular weight excluding hydrogens is 268 g/mol. The molecule has 0 saturated carbocycles. The van der Waals surface area contributed by atoms with Gasteiger partial charge in [0.15, 0.2) is 0 Å². The Morgan fingerprint density at radius 3 is 2.48 bits per heavy atom. The van der Waals surface area contributed by atoms with Crippen LogP contribution in [0.1, 0.15) is 33.6 Å². The van der Waals surface area contributed by atoms with Crippen LogP contribution in [-0.2, 0) is 4.79 Å². The number of rotatable bonds is 5. The van der Waals surface area contributed by atoms with Crippen molar-refractivity contribution in [1.82, 2.24) is 0 Å². The van der Waals surface area contributed by atoms with Crippen LogP contribution < -0.4 is 0 Å². The van der Waals surface area contributed by atoms with Gasteiger partial charge >= 0.3 is 0 Å². The zero-order valence-electron chi connectivity index (χ0n) is 12.6. The second-order valence-electron chi connectivity index (χ2n) is 5.31. The van der Waals surface area contributed by atoms with E-state index in [1.54, 1.807) is 25.2 Å². The molecule has 21 heavy (non-hydrogen) atoms. The zero-order chi connectivity index (χ0) is 16.0. The molecule has 1 rings (SSSR count). The predicted octanol–water partition coefficient (Wildman–Crippen LogP) is 4.20. The molecule has 0 heterocycles. The third-order valence-corrected chi connectivity index (χ3v) is 3.17. The van der Waals surface area contributed by atoms with Crippen LogP contribution in [0.5, 0.6) is 0 Å². The summed E-state index contributed by atoms with van der Waals surface area (Å²) < 4.78 is 0. The summed E-state index contributed by atoms with van der Waals surface area (Å²) in [6.07, 6.45) is 8.51. The Kier molecular flexibility index (Phi) is 6.03. The first-order chi connectivity index (χ1) is 9.79. The maximum atomic E-state index is 12.3. The fraction of sp³-hybridized carbons (Fsp3) is 0.353. The summed E-state index contributed by atoms with van der Waals surface area (Å²) in [5.74, 6) is 0.192. The summed E-state index contributed by atoms with van der Waals surface area (Å²) in [4.78, 5) is 12.3. The van der Waals surface area contributed by atoms with E-state index in [2.05, 4.69) is 0 Å². The summed E-state index contributed by atoms with van der Waals surface area (Å²) in [7, 11) is 0. The number of hydrogen-bond acceptors (Lipinski definition) is 4. The number of aliphatic hydroxyl groups is 3. The van der Waals surface area contributed by atoms with Crippen molar-refractivity contribution in [2.24, 2.45) is 5.92 Å². The van der Waals surface area contributed by atoms with E-state index in [1.807, 2.05) is 0 Å². The van der Waals surface area contributed by atoms with Crippen LogP contribution >= 0.6 is 0 Å². The molecule has 1 atom stereocenters. The highest BCUT2D eigenvalue weighted by Gasteiger charge is 2.20. The fourth-order valence-electron chi connectivity index (χ4n) is 2.06. The van der Waals surface area contributed by atoms with Crippen LogP contribution in [0.25, 0.3) is 0 Å². The number of hydrogen-bond donors (Lipinski definition) is 3.